The Morgan fingerprint density at radius 1 is 0.692 bits per heavy atom. The summed E-state index contributed by atoms with van der Waals surface area (Å²) in [6.07, 6.45) is 2.37. The van der Waals surface area contributed by atoms with Crippen LogP contribution in [0.25, 0.3) is 0 Å². The van der Waals surface area contributed by atoms with E-state index in [1.807, 2.05) is 76.2 Å². The number of nitrogens with zero attached hydrogens (tertiary/aromatic N) is 4. The number of hydrogen-bond donors (Lipinski definition) is 0. The summed E-state index contributed by atoms with van der Waals surface area (Å²) in [6.45, 7) is 11.1. The predicted octanol–water partition coefficient (Wildman–Crippen LogP) is 3.64. The number of hydrogen-bond acceptors (Lipinski definition) is 8. The fourth-order valence-electron chi connectivity index (χ4n) is 3.08. The highest BCUT2D eigenvalue weighted by molar-refractivity contribution is 7.88. The molecule has 0 saturated carbocycles. The fraction of sp³-hybridized carbons (Fsp3) is 0.481. The molecule has 218 valence electrons. The molecule has 0 aliphatic carbocycles. The molecule has 0 unspecified atom stereocenters. The van der Waals surface area contributed by atoms with Gasteiger partial charge in [0.05, 0.1) is 25.6 Å². The standard InChI is InChI=1S/C14H22N2O3S.C13H20N2O3S/c1-5-16(20(4,17)18)11-14(15-19-6-2)13-9-7-12(3)8-10-13;1-5-18-14-13(10-15(3)19(4,16)17)12-8-6-11(2)7-9-12/h7-10H,5-6,11H2,1-4H3;6-9H,5,10H2,1-4H3/b15-14-;14-13-. The van der Waals surface area contributed by atoms with Crippen LogP contribution in [0.15, 0.2) is 58.8 Å². The van der Waals surface area contributed by atoms with E-state index in [9.17, 15) is 16.8 Å². The molecule has 0 aromatic heterocycles. The van der Waals surface area contributed by atoms with Crippen molar-refractivity contribution >= 4 is 31.5 Å². The number of likely N-dealkylation sites (N-methyl/N-ethyl adjacent to an activating group) is 2. The second-order valence-corrected chi connectivity index (χ2v) is 12.9. The van der Waals surface area contributed by atoms with E-state index >= 15 is 0 Å². The van der Waals surface area contributed by atoms with Crippen molar-refractivity contribution in [3.8, 4) is 0 Å². The molecule has 2 aromatic carbocycles. The van der Waals surface area contributed by atoms with Gasteiger partial charge in [0.1, 0.15) is 24.6 Å². The zero-order valence-corrected chi connectivity index (χ0v) is 25.8. The van der Waals surface area contributed by atoms with Gasteiger partial charge in [-0.05, 0) is 27.7 Å². The molecule has 39 heavy (non-hydrogen) atoms. The van der Waals surface area contributed by atoms with Crippen LogP contribution < -0.4 is 0 Å². The second kappa shape index (κ2) is 16.3. The third kappa shape index (κ3) is 12.7. The van der Waals surface area contributed by atoms with Gasteiger partial charge in [0.25, 0.3) is 0 Å². The van der Waals surface area contributed by atoms with Crippen molar-refractivity contribution in [2.24, 2.45) is 10.3 Å². The number of sulfonamides is 2. The van der Waals surface area contributed by atoms with Gasteiger partial charge < -0.3 is 9.68 Å². The van der Waals surface area contributed by atoms with E-state index < -0.39 is 20.0 Å². The third-order valence-electron chi connectivity index (χ3n) is 5.46. The maximum Gasteiger partial charge on any atom is 0.211 e. The first-order chi connectivity index (χ1) is 18.2. The molecule has 0 heterocycles. The Morgan fingerprint density at radius 2 is 1.08 bits per heavy atom. The lowest BCUT2D eigenvalue weighted by molar-refractivity contribution is 0.158. The highest BCUT2D eigenvalue weighted by atomic mass is 32.2. The van der Waals surface area contributed by atoms with Crippen molar-refractivity contribution < 1.29 is 26.5 Å². The quantitative estimate of drug-likeness (QED) is 0.263. The zero-order chi connectivity index (χ0) is 29.6. The smallest absolute Gasteiger partial charge is 0.211 e. The van der Waals surface area contributed by atoms with Crippen molar-refractivity contribution in [1.82, 2.24) is 8.61 Å². The molecule has 0 saturated heterocycles. The van der Waals surface area contributed by atoms with Crippen LogP contribution in [-0.4, -0.2) is 89.3 Å². The minimum absolute atomic E-state index is 0.182. The first-order valence-corrected chi connectivity index (χ1v) is 16.3. The Labute approximate surface area is 234 Å². The Hall–Kier alpha value is -2.80. The molecule has 0 radical (unpaired) electrons. The van der Waals surface area contributed by atoms with Crippen molar-refractivity contribution in [3.05, 3.63) is 70.8 Å². The highest BCUT2D eigenvalue weighted by Crippen LogP contribution is 2.10. The van der Waals surface area contributed by atoms with Crippen LogP contribution in [0.1, 0.15) is 43.0 Å². The second-order valence-electron chi connectivity index (χ2n) is 8.85. The minimum Gasteiger partial charge on any atom is -0.396 e. The highest BCUT2D eigenvalue weighted by Gasteiger charge is 2.19. The molecule has 12 heteroatoms. The molecular weight excluding hydrogens is 540 g/mol. The van der Waals surface area contributed by atoms with Crippen molar-refractivity contribution in [2.75, 3.05) is 52.4 Å². The van der Waals surface area contributed by atoms with Gasteiger partial charge in [-0.2, -0.15) is 8.61 Å². The average molecular weight is 583 g/mol. The maximum absolute atomic E-state index is 11.7. The van der Waals surface area contributed by atoms with E-state index in [2.05, 4.69) is 10.3 Å². The number of oxime groups is 2. The lowest BCUT2D eigenvalue weighted by Gasteiger charge is -2.18. The first-order valence-electron chi connectivity index (χ1n) is 12.6. The van der Waals surface area contributed by atoms with Gasteiger partial charge in [0.2, 0.25) is 20.0 Å². The van der Waals surface area contributed by atoms with Crippen molar-refractivity contribution in [3.63, 3.8) is 0 Å². The predicted molar refractivity (Wildman–Crippen MR) is 158 cm³/mol. The van der Waals surface area contributed by atoms with Crippen LogP contribution in [0, 0.1) is 13.8 Å². The summed E-state index contributed by atoms with van der Waals surface area (Å²) in [5.41, 5.74) is 5.20. The van der Waals surface area contributed by atoms with Crippen LogP contribution in [0.4, 0.5) is 0 Å². The molecule has 0 aliphatic heterocycles. The molecule has 10 nitrogen and oxygen atoms in total. The van der Waals surface area contributed by atoms with Gasteiger partial charge in [-0.1, -0.05) is 76.9 Å². The van der Waals surface area contributed by atoms with Gasteiger partial charge in [-0.25, -0.2) is 16.8 Å². The van der Waals surface area contributed by atoms with Crippen LogP contribution in [0.2, 0.25) is 0 Å². The normalized spacial score (nSPS) is 12.8. The molecule has 2 rings (SSSR count). The molecule has 0 spiro atoms. The van der Waals surface area contributed by atoms with Gasteiger partial charge in [-0.3, -0.25) is 0 Å². The summed E-state index contributed by atoms with van der Waals surface area (Å²) in [6, 6.07) is 15.5. The summed E-state index contributed by atoms with van der Waals surface area (Å²) in [5.74, 6) is 0. The Morgan fingerprint density at radius 3 is 1.38 bits per heavy atom. The molecule has 0 N–H and O–H groups in total. The first kappa shape index (κ1) is 34.2. The lowest BCUT2D eigenvalue weighted by Crippen LogP contribution is -2.35. The zero-order valence-electron chi connectivity index (χ0n) is 24.2. The monoisotopic (exact) mass is 582 g/mol. The molecular formula is C27H42N4O6S2. The van der Waals surface area contributed by atoms with E-state index in [4.69, 9.17) is 9.68 Å². The van der Waals surface area contributed by atoms with E-state index in [0.29, 0.717) is 31.2 Å². The van der Waals surface area contributed by atoms with E-state index in [1.165, 1.54) is 28.2 Å². The molecule has 0 amide bonds. The van der Waals surface area contributed by atoms with E-state index in [1.54, 1.807) is 6.92 Å². The molecule has 0 fully saturated rings. The van der Waals surface area contributed by atoms with Gasteiger partial charge >= 0.3 is 0 Å². The summed E-state index contributed by atoms with van der Waals surface area (Å²) >= 11 is 0. The van der Waals surface area contributed by atoms with Gasteiger partial charge in [-0.15, -0.1) is 0 Å². The van der Waals surface area contributed by atoms with Crippen molar-refractivity contribution in [1.29, 1.82) is 0 Å². The topological polar surface area (TPSA) is 118 Å². The fourth-order valence-corrected chi connectivity index (χ4v) is 4.26. The third-order valence-corrected chi connectivity index (χ3v) is 8.05. The van der Waals surface area contributed by atoms with E-state index in [0.717, 1.165) is 22.3 Å². The summed E-state index contributed by atoms with van der Waals surface area (Å²) in [5, 5.41) is 8.06. The molecule has 2 aromatic rings. The summed E-state index contributed by atoms with van der Waals surface area (Å²) in [7, 11) is -4.98. The van der Waals surface area contributed by atoms with Gasteiger partial charge in [0.15, 0.2) is 0 Å². The van der Waals surface area contributed by atoms with Crippen LogP contribution in [0.3, 0.4) is 0 Å². The van der Waals surface area contributed by atoms with Crippen LogP contribution >= 0.6 is 0 Å². The lowest BCUT2D eigenvalue weighted by atomic mass is 10.1. The number of benzene rings is 2. The van der Waals surface area contributed by atoms with Crippen molar-refractivity contribution in [2.45, 2.75) is 34.6 Å². The summed E-state index contributed by atoms with van der Waals surface area (Å²) in [4.78, 5) is 10.2. The van der Waals surface area contributed by atoms with Crippen LogP contribution in [-0.2, 0) is 29.7 Å². The molecule has 0 bridgehead atoms. The molecule has 0 aliphatic rings. The average Bonchev–Trinajstić information content (AvgIpc) is 2.87. The maximum atomic E-state index is 11.7. The number of rotatable bonds is 13. The number of aryl methyl sites for hydroxylation is 2. The molecule has 0 atom stereocenters. The Balaban J connectivity index is 0.000000391. The Bertz CT molecular complexity index is 1290. The summed E-state index contributed by atoms with van der Waals surface area (Å²) < 4.78 is 48.9. The Kier molecular flexibility index (Phi) is 14.3. The largest absolute Gasteiger partial charge is 0.396 e. The van der Waals surface area contributed by atoms with Crippen LogP contribution in [0.5, 0.6) is 0 Å². The van der Waals surface area contributed by atoms with E-state index in [-0.39, 0.29) is 13.1 Å². The SMILES string of the molecule is CCO/N=C(/CN(C)S(C)(=O)=O)c1ccc(C)cc1.CCO/N=C(/CN(CC)S(C)(=O)=O)c1ccc(C)cc1. The minimum atomic E-state index is -3.25. The van der Waals surface area contributed by atoms with Gasteiger partial charge in [0, 0.05) is 24.7 Å².